The molecule has 0 aliphatic heterocycles. The fraction of sp³-hybridized carbons (Fsp3) is 0.250. The molecule has 3 aromatic rings. The summed E-state index contributed by atoms with van der Waals surface area (Å²) in [5.41, 5.74) is 6.08. The fourth-order valence-electron chi connectivity index (χ4n) is 3.39. The molecule has 106 valence electrons. The molecule has 5 nitrogen and oxygen atoms in total. The molecule has 5 heteroatoms. The normalized spacial score (nSPS) is 13.2. The lowest BCUT2D eigenvalue weighted by atomic mass is 9.94. The summed E-state index contributed by atoms with van der Waals surface area (Å²) >= 11 is 0. The standard InChI is InChI=1S/C16H15N3O2/c1-2-19-13-7-9(16(20)21)3-5-11(13)12-6-4-10-8-17-18-14(10)15(12)19/h3,5,7-8H,2,4,6H2,1H3,(H,17,18)(H,20,21). The van der Waals surface area contributed by atoms with Crippen LogP contribution in [0.3, 0.4) is 0 Å². The Morgan fingerprint density at radius 2 is 2.29 bits per heavy atom. The Morgan fingerprint density at radius 3 is 3.05 bits per heavy atom. The van der Waals surface area contributed by atoms with E-state index in [0.717, 1.165) is 41.7 Å². The molecule has 0 fully saturated rings. The highest BCUT2D eigenvalue weighted by molar-refractivity contribution is 5.98. The summed E-state index contributed by atoms with van der Waals surface area (Å²) < 4.78 is 2.19. The van der Waals surface area contributed by atoms with Crippen molar-refractivity contribution in [1.82, 2.24) is 14.8 Å². The van der Waals surface area contributed by atoms with E-state index < -0.39 is 5.97 Å². The summed E-state index contributed by atoms with van der Waals surface area (Å²) in [4.78, 5) is 11.2. The van der Waals surface area contributed by atoms with E-state index in [4.69, 9.17) is 0 Å². The van der Waals surface area contributed by atoms with Gasteiger partial charge in [0, 0.05) is 17.4 Å². The minimum Gasteiger partial charge on any atom is -0.478 e. The number of aromatic amines is 1. The van der Waals surface area contributed by atoms with Gasteiger partial charge in [-0.15, -0.1) is 0 Å². The molecule has 0 saturated heterocycles. The van der Waals surface area contributed by atoms with Crippen LogP contribution >= 0.6 is 0 Å². The van der Waals surface area contributed by atoms with Crippen LogP contribution in [0.2, 0.25) is 0 Å². The number of H-pyrrole nitrogens is 1. The van der Waals surface area contributed by atoms with Gasteiger partial charge in [0.2, 0.25) is 0 Å². The topological polar surface area (TPSA) is 70.9 Å². The van der Waals surface area contributed by atoms with Gasteiger partial charge in [-0.25, -0.2) is 4.79 Å². The van der Waals surface area contributed by atoms with Crippen molar-refractivity contribution in [3.63, 3.8) is 0 Å². The second-order valence-corrected chi connectivity index (χ2v) is 5.38. The van der Waals surface area contributed by atoms with Crippen molar-refractivity contribution < 1.29 is 9.90 Å². The third-order valence-corrected chi connectivity index (χ3v) is 4.33. The maximum absolute atomic E-state index is 11.2. The Bertz CT molecular complexity index is 873. The van der Waals surface area contributed by atoms with Crippen LogP contribution in [0.1, 0.15) is 28.4 Å². The van der Waals surface area contributed by atoms with Gasteiger partial charge in [-0.05, 0) is 43.0 Å². The molecule has 21 heavy (non-hydrogen) atoms. The summed E-state index contributed by atoms with van der Waals surface area (Å²) in [5, 5.41) is 17.6. The van der Waals surface area contributed by atoms with Gasteiger partial charge < -0.3 is 9.67 Å². The molecule has 0 saturated carbocycles. The van der Waals surface area contributed by atoms with Gasteiger partial charge in [0.1, 0.15) is 0 Å². The molecule has 1 aromatic carbocycles. The summed E-state index contributed by atoms with van der Waals surface area (Å²) in [6, 6.07) is 5.40. The molecule has 0 unspecified atom stereocenters. The summed E-state index contributed by atoms with van der Waals surface area (Å²) in [6.07, 6.45) is 3.83. The van der Waals surface area contributed by atoms with E-state index >= 15 is 0 Å². The van der Waals surface area contributed by atoms with E-state index in [1.54, 1.807) is 12.1 Å². The van der Waals surface area contributed by atoms with E-state index in [9.17, 15) is 9.90 Å². The third kappa shape index (κ3) is 1.57. The summed E-state index contributed by atoms with van der Waals surface area (Å²) in [7, 11) is 0. The first-order valence-corrected chi connectivity index (χ1v) is 7.11. The van der Waals surface area contributed by atoms with Crippen LogP contribution in [0, 0.1) is 0 Å². The molecular weight excluding hydrogens is 266 g/mol. The van der Waals surface area contributed by atoms with E-state index in [1.807, 2.05) is 12.3 Å². The molecule has 1 aliphatic carbocycles. The number of aromatic nitrogens is 3. The Morgan fingerprint density at radius 1 is 1.43 bits per heavy atom. The predicted octanol–water partition coefficient (Wildman–Crippen LogP) is 2.85. The average molecular weight is 281 g/mol. The van der Waals surface area contributed by atoms with Crippen molar-refractivity contribution in [2.45, 2.75) is 26.3 Å². The molecule has 0 spiro atoms. The van der Waals surface area contributed by atoms with Gasteiger partial charge in [0.25, 0.3) is 0 Å². The zero-order valence-electron chi connectivity index (χ0n) is 11.7. The maximum Gasteiger partial charge on any atom is 0.335 e. The zero-order valence-corrected chi connectivity index (χ0v) is 11.7. The number of nitrogens with one attached hydrogen (secondary N) is 1. The number of hydrogen-bond acceptors (Lipinski definition) is 2. The lowest BCUT2D eigenvalue weighted by Crippen LogP contribution is -2.06. The van der Waals surface area contributed by atoms with Gasteiger partial charge in [0.15, 0.2) is 0 Å². The van der Waals surface area contributed by atoms with Crippen molar-refractivity contribution in [2.24, 2.45) is 0 Å². The number of carboxylic acid groups (broad SMARTS) is 1. The SMILES string of the molecule is CCn1c2c(c3ccc(C(=O)O)cc31)CCc1cn[nH]c1-2. The molecule has 2 N–H and O–H groups in total. The van der Waals surface area contributed by atoms with Gasteiger partial charge >= 0.3 is 5.97 Å². The van der Waals surface area contributed by atoms with Crippen molar-refractivity contribution in [3.05, 3.63) is 41.1 Å². The Balaban J connectivity index is 2.10. The number of aryl methyl sites for hydroxylation is 3. The van der Waals surface area contributed by atoms with E-state index in [1.165, 1.54) is 11.1 Å². The second-order valence-electron chi connectivity index (χ2n) is 5.38. The summed E-state index contributed by atoms with van der Waals surface area (Å²) in [6.45, 7) is 2.88. The number of carbonyl (C=O) groups is 1. The lowest BCUT2D eigenvalue weighted by Gasteiger charge is -2.15. The highest BCUT2D eigenvalue weighted by Crippen LogP contribution is 2.39. The number of carboxylic acids is 1. The zero-order chi connectivity index (χ0) is 14.6. The van der Waals surface area contributed by atoms with E-state index in [0.29, 0.717) is 5.56 Å². The smallest absolute Gasteiger partial charge is 0.335 e. The van der Waals surface area contributed by atoms with Crippen LogP contribution < -0.4 is 0 Å². The van der Waals surface area contributed by atoms with Crippen LogP contribution in [-0.4, -0.2) is 25.8 Å². The van der Waals surface area contributed by atoms with Gasteiger partial charge in [-0.2, -0.15) is 5.10 Å². The van der Waals surface area contributed by atoms with Crippen molar-refractivity contribution in [1.29, 1.82) is 0 Å². The van der Waals surface area contributed by atoms with Gasteiger partial charge in [-0.1, -0.05) is 6.07 Å². The maximum atomic E-state index is 11.2. The molecule has 2 aromatic heterocycles. The van der Waals surface area contributed by atoms with Crippen molar-refractivity contribution in [2.75, 3.05) is 0 Å². The van der Waals surface area contributed by atoms with Crippen LogP contribution in [-0.2, 0) is 19.4 Å². The number of benzene rings is 1. The largest absolute Gasteiger partial charge is 0.478 e. The summed E-state index contributed by atoms with van der Waals surface area (Å²) in [5.74, 6) is -0.888. The molecule has 2 heterocycles. The number of fused-ring (bicyclic) bond motifs is 5. The fourth-order valence-corrected chi connectivity index (χ4v) is 3.39. The monoisotopic (exact) mass is 281 g/mol. The predicted molar refractivity (Wildman–Crippen MR) is 79.6 cm³/mol. The Kier molecular flexibility index (Phi) is 2.45. The van der Waals surface area contributed by atoms with Crippen LogP contribution in [0.25, 0.3) is 22.3 Å². The van der Waals surface area contributed by atoms with Crippen LogP contribution in [0.5, 0.6) is 0 Å². The molecule has 0 bridgehead atoms. The minimum atomic E-state index is -0.888. The second kappa shape index (κ2) is 4.22. The molecule has 0 radical (unpaired) electrons. The van der Waals surface area contributed by atoms with Gasteiger partial charge in [0.05, 0.1) is 23.1 Å². The van der Waals surface area contributed by atoms with E-state index in [2.05, 4.69) is 21.7 Å². The van der Waals surface area contributed by atoms with Crippen LogP contribution in [0.4, 0.5) is 0 Å². The quantitative estimate of drug-likeness (QED) is 0.758. The highest BCUT2D eigenvalue weighted by Gasteiger charge is 2.25. The number of nitrogens with zero attached hydrogens (tertiary/aromatic N) is 2. The van der Waals surface area contributed by atoms with Crippen LogP contribution in [0.15, 0.2) is 24.4 Å². The first-order valence-electron chi connectivity index (χ1n) is 7.11. The minimum absolute atomic E-state index is 0.330. The highest BCUT2D eigenvalue weighted by atomic mass is 16.4. The van der Waals surface area contributed by atoms with Crippen molar-refractivity contribution in [3.8, 4) is 11.4 Å². The number of hydrogen-bond donors (Lipinski definition) is 2. The van der Waals surface area contributed by atoms with Crippen molar-refractivity contribution >= 4 is 16.9 Å². The number of rotatable bonds is 2. The Hall–Kier alpha value is -2.56. The molecule has 0 amide bonds. The van der Waals surface area contributed by atoms with E-state index in [-0.39, 0.29) is 0 Å². The molecule has 0 atom stereocenters. The Labute approximate surface area is 121 Å². The number of aromatic carboxylic acids is 1. The first-order chi connectivity index (χ1) is 10.2. The third-order valence-electron chi connectivity index (χ3n) is 4.33. The molecular formula is C16H15N3O2. The molecule has 1 aliphatic rings. The first kappa shape index (κ1) is 12.2. The molecule has 4 rings (SSSR count). The lowest BCUT2D eigenvalue weighted by molar-refractivity contribution is 0.0697. The average Bonchev–Trinajstić information content (AvgIpc) is 3.07. The van der Waals surface area contributed by atoms with Gasteiger partial charge in [-0.3, -0.25) is 5.10 Å².